The summed E-state index contributed by atoms with van der Waals surface area (Å²) in [6, 6.07) is 8.36. The van der Waals surface area contributed by atoms with Crippen LogP contribution in [0.25, 0.3) is 6.08 Å². The van der Waals surface area contributed by atoms with Crippen molar-refractivity contribution in [3.8, 4) is 0 Å². The number of anilines is 1. The zero-order chi connectivity index (χ0) is 11.0. The Morgan fingerprint density at radius 3 is 2.81 bits per heavy atom. The molecule has 3 heteroatoms. The van der Waals surface area contributed by atoms with Crippen molar-refractivity contribution in [2.75, 3.05) is 18.9 Å². The number of benzene rings is 1. The van der Waals surface area contributed by atoms with Gasteiger partial charge < -0.3 is 10.6 Å². The Kier molecular flexibility index (Phi) is 2.14. The summed E-state index contributed by atoms with van der Waals surface area (Å²) in [6.45, 7) is 0.956. The summed E-state index contributed by atoms with van der Waals surface area (Å²) in [4.78, 5) is 0. The second kappa shape index (κ2) is 3.52. The molecule has 84 valence electrons. The molecular formula is C13H17N3. The van der Waals surface area contributed by atoms with Crippen molar-refractivity contribution in [3.63, 3.8) is 0 Å². The standard InChI is InChI=1S/C13H17N3/c1-14-12-5-3-2-4-10(12)8-11-9-15-13(16-11)6-7-13/h2-5,8,14-16H,6-7,9H2,1H3/b11-8+. The lowest BCUT2D eigenvalue weighted by Crippen LogP contribution is -2.32. The van der Waals surface area contributed by atoms with Crippen molar-refractivity contribution in [2.24, 2.45) is 0 Å². The number of para-hydroxylation sites is 1. The molecule has 0 aromatic heterocycles. The first kappa shape index (κ1) is 9.73. The van der Waals surface area contributed by atoms with Gasteiger partial charge in [-0.2, -0.15) is 0 Å². The normalized spacial score (nSPS) is 23.4. The van der Waals surface area contributed by atoms with E-state index in [1.165, 1.54) is 29.8 Å². The number of hydrogen-bond acceptors (Lipinski definition) is 3. The summed E-state index contributed by atoms with van der Waals surface area (Å²) in [6.07, 6.45) is 4.72. The Morgan fingerprint density at radius 1 is 1.31 bits per heavy atom. The van der Waals surface area contributed by atoms with Crippen LogP contribution in [0, 0.1) is 0 Å². The first-order chi connectivity index (χ1) is 7.81. The smallest absolute Gasteiger partial charge is 0.0885 e. The van der Waals surface area contributed by atoms with Gasteiger partial charge in [0.2, 0.25) is 0 Å². The topological polar surface area (TPSA) is 36.1 Å². The third kappa shape index (κ3) is 1.67. The maximum Gasteiger partial charge on any atom is 0.0885 e. The molecular weight excluding hydrogens is 198 g/mol. The van der Waals surface area contributed by atoms with Crippen molar-refractivity contribution in [3.05, 3.63) is 35.5 Å². The highest BCUT2D eigenvalue weighted by Crippen LogP contribution is 2.36. The van der Waals surface area contributed by atoms with Crippen LogP contribution < -0.4 is 16.0 Å². The molecule has 0 amide bonds. The van der Waals surface area contributed by atoms with Gasteiger partial charge in [-0.15, -0.1) is 0 Å². The van der Waals surface area contributed by atoms with Crippen molar-refractivity contribution in [1.29, 1.82) is 0 Å². The fourth-order valence-corrected chi connectivity index (χ4v) is 2.21. The summed E-state index contributed by atoms with van der Waals surface area (Å²) < 4.78 is 0. The number of rotatable bonds is 2. The van der Waals surface area contributed by atoms with Gasteiger partial charge in [-0.25, -0.2) is 0 Å². The molecule has 1 aliphatic carbocycles. The fraction of sp³-hybridized carbons (Fsp3) is 0.385. The average Bonchev–Trinajstić information content (AvgIpc) is 2.94. The van der Waals surface area contributed by atoms with Crippen LogP contribution in [0.5, 0.6) is 0 Å². The predicted octanol–water partition coefficient (Wildman–Crippen LogP) is 1.75. The van der Waals surface area contributed by atoms with Crippen LogP contribution in [0.3, 0.4) is 0 Å². The van der Waals surface area contributed by atoms with E-state index < -0.39 is 0 Å². The van der Waals surface area contributed by atoms with Gasteiger partial charge in [-0.05, 0) is 30.5 Å². The van der Waals surface area contributed by atoms with E-state index in [0.717, 1.165) is 6.54 Å². The van der Waals surface area contributed by atoms with Gasteiger partial charge >= 0.3 is 0 Å². The largest absolute Gasteiger partial charge is 0.388 e. The third-order valence-corrected chi connectivity index (χ3v) is 3.33. The van der Waals surface area contributed by atoms with E-state index in [1.54, 1.807) is 0 Å². The molecule has 0 radical (unpaired) electrons. The average molecular weight is 215 g/mol. The highest BCUT2D eigenvalue weighted by Gasteiger charge is 2.46. The van der Waals surface area contributed by atoms with E-state index in [-0.39, 0.29) is 5.66 Å². The third-order valence-electron chi connectivity index (χ3n) is 3.33. The molecule has 1 saturated heterocycles. The highest BCUT2D eigenvalue weighted by atomic mass is 15.3. The molecule has 0 unspecified atom stereocenters. The second-order valence-corrected chi connectivity index (χ2v) is 4.57. The van der Waals surface area contributed by atoms with E-state index >= 15 is 0 Å². The van der Waals surface area contributed by atoms with E-state index in [1.807, 2.05) is 7.05 Å². The summed E-state index contributed by atoms with van der Waals surface area (Å²) in [5.74, 6) is 0. The van der Waals surface area contributed by atoms with Crippen molar-refractivity contribution in [2.45, 2.75) is 18.5 Å². The van der Waals surface area contributed by atoms with Crippen molar-refractivity contribution < 1.29 is 0 Å². The van der Waals surface area contributed by atoms with E-state index in [2.05, 4.69) is 46.3 Å². The van der Waals surface area contributed by atoms with Gasteiger partial charge in [0.1, 0.15) is 0 Å². The number of hydrogen-bond donors (Lipinski definition) is 3. The van der Waals surface area contributed by atoms with Crippen molar-refractivity contribution in [1.82, 2.24) is 10.6 Å². The molecule has 1 aromatic carbocycles. The molecule has 0 atom stereocenters. The van der Waals surface area contributed by atoms with Crippen LogP contribution in [0.4, 0.5) is 5.69 Å². The second-order valence-electron chi connectivity index (χ2n) is 4.57. The molecule has 1 aliphatic heterocycles. The first-order valence-electron chi connectivity index (χ1n) is 5.82. The monoisotopic (exact) mass is 215 g/mol. The summed E-state index contributed by atoms with van der Waals surface area (Å²) in [5.41, 5.74) is 3.96. The quantitative estimate of drug-likeness (QED) is 0.703. The summed E-state index contributed by atoms with van der Waals surface area (Å²) >= 11 is 0. The van der Waals surface area contributed by atoms with Crippen LogP contribution in [-0.4, -0.2) is 19.3 Å². The SMILES string of the molecule is CNc1ccccc1/C=C1\CNC2(CC2)N1. The maximum absolute atomic E-state index is 3.56. The van der Waals surface area contributed by atoms with E-state index in [9.17, 15) is 0 Å². The van der Waals surface area contributed by atoms with Crippen LogP contribution >= 0.6 is 0 Å². The molecule has 2 aliphatic rings. The molecule has 1 heterocycles. The zero-order valence-corrected chi connectivity index (χ0v) is 9.51. The molecule has 1 aromatic rings. The van der Waals surface area contributed by atoms with Gasteiger partial charge in [0, 0.05) is 25.0 Å². The Balaban J connectivity index is 1.85. The molecule has 16 heavy (non-hydrogen) atoms. The Hall–Kier alpha value is -1.48. The minimum Gasteiger partial charge on any atom is -0.388 e. The molecule has 1 spiro atoms. The Morgan fingerprint density at radius 2 is 2.12 bits per heavy atom. The molecule has 1 saturated carbocycles. The first-order valence-corrected chi connectivity index (χ1v) is 5.82. The predicted molar refractivity (Wildman–Crippen MR) is 67.1 cm³/mol. The van der Waals surface area contributed by atoms with E-state index in [0.29, 0.717) is 0 Å². The molecule has 2 fully saturated rings. The summed E-state index contributed by atoms with van der Waals surface area (Å²) in [7, 11) is 1.96. The summed E-state index contributed by atoms with van der Waals surface area (Å²) in [5, 5.41) is 10.3. The van der Waals surface area contributed by atoms with Gasteiger partial charge in [0.05, 0.1) is 5.66 Å². The molecule has 3 nitrogen and oxygen atoms in total. The minimum atomic E-state index is 0.250. The van der Waals surface area contributed by atoms with Crippen LogP contribution in [0.2, 0.25) is 0 Å². The highest BCUT2D eigenvalue weighted by molar-refractivity contribution is 5.68. The molecule has 0 bridgehead atoms. The van der Waals surface area contributed by atoms with Gasteiger partial charge in [-0.1, -0.05) is 18.2 Å². The fourth-order valence-electron chi connectivity index (χ4n) is 2.21. The van der Waals surface area contributed by atoms with Gasteiger partial charge in [0.25, 0.3) is 0 Å². The lowest BCUT2D eigenvalue weighted by Gasteiger charge is -2.08. The zero-order valence-electron chi connectivity index (χ0n) is 9.51. The molecule has 3 rings (SSSR count). The number of nitrogens with one attached hydrogen (secondary N) is 3. The van der Waals surface area contributed by atoms with Crippen molar-refractivity contribution >= 4 is 11.8 Å². The minimum absolute atomic E-state index is 0.250. The maximum atomic E-state index is 3.56. The van der Waals surface area contributed by atoms with Gasteiger partial charge in [0.15, 0.2) is 0 Å². The Labute approximate surface area is 95.9 Å². The Bertz CT molecular complexity index is 433. The lowest BCUT2D eigenvalue weighted by molar-refractivity contribution is 0.551. The van der Waals surface area contributed by atoms with Crippen LogP contribution in [0.15, 0.2) is 30.0 Å². The van der Waals surface area contributed by atoms with Crippen LogP contribution in [0.1, 0.15) is 18.4 Å². The van der Waals surface area contributed by atoms with E-state index in [4.69, 9.17) is 0 Å². The lowest BCUT2D eigenvalue weighted by atomic mass is 10.1. The van der Waals surface area contributed by atoms with Crippen LogP contribution in [-0.2, 0) is 0 Å². The van der Waals surface area contributed by atoms with Gasteiger partial charge in [-0.3, -0.25) is 5.32 Å². The molecule has 3 N–H and O–H groups in total.